The van der Waals surface area contributed by atoms with Gasteiger partial charge in [-0.05, 0) is 63.5 Å². The number of benzene rings is 1. The first-order valence-electron chi connectivity index (χ1n) is 9.39. The Hall–Kier alpha value is -2.80. The third-order valence-electron chi connectivity index (χ3n) is 5.34. The van der Waals surface area contributed by atoms with Crippen LogP contribution < -0.4 is 5.32 Å². The highest BCUT2D eigenvalue weighted by Crippen LogP contribution is 2.23. The summed E-state index contributed by atoms with van der Waals surface area (Å²) in [4.78, 5) is 19.3. The van der Waals surface area contributed by atoms with E-state index in [1.54, 1.807) is 10.9 Å². The van der Waals surface area contributed by atoms with Crippen LogP contribution in [0.25, 0.3) is 16.6 Å². The second-order valence-electron chi connectivity index (χ2n) is 7.08. The Labute approximate surface area is 158 Å². The molecule has 1 saturated heterocycles. The smallest absolute Gasteiger partial charge is 0.276 e. The number of hydrogen-bond donors (Lipinski definition) is 1. The molecule has 7 nitrogen and oxygen atoms in total. The Morgan fingerprint density at radius 2 is 2.04 bits per heavy atom. The van der Waals surface area contributed by atoms with Crippen molar-refractivity contribution in [2.24, 2.45) is 5.92 Å². The molecule has 1 N–H and O–H groups in total. The minimum Gasteiger partial charge on any atom is -0.337 e. The number of aromatic nitrogens is 4. The fourth-order valence-corrected chi connectivity index (χ4v) is 3.81. The molecule has 1 fully saturated rings. The summed E-state index contributed by atoms with van der Waals surface area (Å²) in [6.07, 6.45) is 3.82. The number of piperidine rings is 1. The SMILES string of the molecule is CNCC1CCN(C(=O)c2nnn(-c3cccc4ncccc34)c2C)CC1. The van der Waals surface area contributed by atoms with Crippen molar-refractivity contribution in [2.45, 2.75) is 19.8 Å². The minimum absolute atomic E-state index is 0.0278. The van der Waals surface area contributed by atoms with E-state index in [2.05, 4.69) is 20.6 Å². The summed E-state index contributed by atoms with van der Waals surface area (Å²) in [5, 5.41) is 12.7. The second-order valence-corrected chi connectivity index (χ2v) is 7.08. The van der Waals surface area contributed by atoms with E-state index in [0.29, 0.717) is 11.6 Å². The third-order valence-corrected chi connectivity index (χ3v) is 5.34. The van der Waals surface area contributed by atoms with Gasteiger partial charge < -0.3 is 10.2 Å². The Bertz CT molecular complexity index is 953. The topological polar surface area (TPSA) is 75.9 Å². The highest BCUT2D eigenvalue weighted by Gasteiger charge is 2.27. The van der Waals surface area contributed by atoms with Gasteiger partial charge in [-0.1, -0.05) is 11.3 Å². The number of likely N-dealkylation sites (tertiary alicyclic amines) is 1. The Kier molecular flexibility index (Phi) is 4.85. The lowest BCUT2D eigenvalue weighted by molar-refractivity contribution is 0.0684. The molecular weight excluding hydrogens is 340 g/mol. The lowest BCUT2D eigenvalue weighted by Crippen LogP contribution is -2.40. The van der Waals surface area contributed by atoms with Gasteiger partial charge >= 0.3 is 0 Å². The van der Waals surface area contributed by atoms with Crippen molar-refractivity contribution in [3.63, 3.8) is 0 Å². The Morgan fingerprint density at radius 1 is 1.22 bits per heavy atom. The van der Waals surface area contributed by atoms with Crippen LogP contribution in [0.5, 0.6) is 0 Å². The average Bonchev–Trinajstić information content (AvgIpc) is 3.09. The van der Waals surface area contributed by atoms with Gasteiger partial charge in [0, 0.05) is 24.7 Å². The van der Waals surface area contributed by atoms with Gasteiger partial charge in [0.1, 0.15) is 0 Å². The summed E-state index contributed by atoms with van der Waals surface area (Å²) in [7, 11) is 1.97. The van der Waals surface area contributed by atoms with Gasteiger partial charge in [0.05, 0.1) is 16.9 Å². The predicted molar refractivity (Wildman–Crippen MR) is 104 cm³/mol. The molecular formula is C20H24N6O. The van der Waals surface area contributed by atoms with E-state index in [9.17, 15) is 4.79 Å². The molecule has 0 atom stereocenters. The first-order valence-corrected chi connectivity index (χ1v) is 9.39. The third kappa shape index (κ3) is 3.30. The van der Waals surface area contributed by atoms with Crippen LogP contribution in [0.1, 0.15) is 29.0 Å². The van der Waals surface area contributed by atoms with Crippen LogP contribution >= 0.6 is 0 Å². The highest BCUT2D eigenvalue weighted by molar-refractivity contribution is 5.94. The van der Waals surface area contributed by atoms with Crippen LogP contribution in [-0.2, 0) is 0 Å². The summed E-state index contributed by atoms with van der Waals surface area (Å²) in [6.45, 7) is 4.45. The second kappa shape index (κ2) is 7.44. The van der Waals surface area contributed by atoms with E-state index in [1.807, 2.05) is 49.2 Å². The van der Waals surface area contributed by atoms with Crippen molar-refractivity contribution < 1.29 is 4.79 Å². The maximum atomic E-state index is 13.0. The van der Waals surface area contributed by atoms with E-state index < -0.39 is 0 Å². The van der Waals surface area contributed by atoms with Crippen LogP contribution in [0.15, 0.2) is 36.5 Å². The number of nitrogens with one attached hydrogen (secondary N) is 1. The monoisotopic (exact) mass is 364 g/mol. The Morgan fingerprint density at radius 3 is 2.81 bits per heavy atom. The van der Waals surface area contributed by atoms with E-state index >= 15 is 0 Å². The number of fused-ring (bicyclic) bond motifs is 1. The zero-order chi connectivity index (χ0) is 18.8. The number of pyridine rings is 1. The van der Waals surface area contributed by atoms with Crippen molar-refractivity contribution in [1.29, 1.82) is 0 Å². The quantitative estimate of drug-likeness (QED) is 0.768. The van der Waals surface area contributed by atoms with E-state index in [-0.39, 0.29) is 5.91 Å². The molecule has 1 aliphatic rings. The van der Waals surface area contributed by atoms with Gasteiger partial charge in [-0.2, -0.15) is 0 Å². The van der Waals surface area contributed by atoms with Crippen molar-refractivity contribution >= 4 is 16.8 Å². The minimum atomic E-state index is -0.0278. The first-order chi connectivity index (χ1) is 13.2. The molecule has 0 aliphatic carbocycles. The van der Waals surface area contributed by atoms with Crippen molar-refractivity contribution in [1.82, 2.24) is 30.2 Å². The van der Waals surface area contributed by atoms with E-state index in [4.69, 9.17) is 0 Å². The highest BCUT2D eigenvalue weighted by atomic mass is 16.2. The predicted octanol–water partition coefficient (Wildman–Crippen LogP) is 2.20. The van der Waals surface area contributed by atoms with Gasteiger partial charge in [0.2, 0.25) is 0 Å². The molecule has 1 amide bonds. The molecule has 0 spiro atoms. The molecule has 3 heterocycles. The zero-order valence-electron chi connectivity index (χ0n) is 15.7. The average molecular weight is 364 g/mol. The fourth-order valence-electron chi connectivity index (χ4n) is 3.81. The maximum absolute atomic E-state index is 13.0. The van der Waals surface area contributed by atoms with Gasteiger partial charge in [-0.15, -0.1) is 5.10 Å². The summed E-state index contributed by atoms with van der Waals surface area (Å²) in [5.74, 6) is 0.610. The van der Waals surface area contributed by atoms with E-state index in [1.165, 1.54) is 0 Å². The first kappa shape index (κ1) is 17.6. The fraction of sp³-hybridized carbons (Fsp3) is 0.400. The Balaban J connectivity index is 1.60. The molecule has 0 bridgehead atoms. The number of nitrogens with zero attached hydrogens (tertiary/aromatic N) is 5. The molecule has 0 saturated carbocycles. The number of amides is 1. The molecule has 2 aromatic heterocycles. The normalized spacial score (nSPS) is 15.4. The zero-order valence-corrected chi connectivity index (χ0v) is 15.7. The van der Waals surface area contributed by atoms with Crippen LogP contribution in [0.4, 0.5) is 0 Å². The summed E-state index contributed by atoms with van der Waals surface area (Å²) in [6, 6.07) is 9.79. The number of hydrogen-bond acceptors (Lipinski definition) is 5. The van der Waals surface area contributed by atoms with E-state index in [0.717, 1.165) is 54.8 Å². The molecule has 0 unspecified atom stereocenters. The summed E-state index contributed by atoms with van der Waals surface area (Å²) >= 11 is 0. The van der Waals surface area contributed by atoms with Crippen LogP contribution in [-0.4, -0.2) is 57.5 Å². The maximum Gasteiger partial charge on any atom is 0.276 e. The molecule has 1 aromatic carbocycles. The van der Waals surface area contributed by atoms with Gasteiger partial charge in [-0.25, -0.2) is 4.68 Å². The molecule has 4 rings (SSSR count). The number of carbonyl (C=O) groups is 1. The van der Waals surface area contributed by atoms with Gasteiger partial charge in [0.15, 0.2) is 5.69 Å². The van der Waals surface area contributed by atoms with Gasteiger partial charge in [-0.3, -0.25) is 9.78 Å². The molecule has 0 radical (unpaired) electrons. The number of rotatable bonds is 4. The summed E-state index contributed by atoms with van der Waals surface area (Å²) < 4.78 is 1.74. The summed E-state index contributed by atoms with van der Waals surface area (Å²) in [5.41, 5.74) is 2.97. The standard InChI is InChI=1S/C20H24N6O/c1-14-19(20(27)25-11-8-15(9-12-25)13-21-2)23-24-26(14)18-7-3-6-17-16(18)5-4-10-22-17/h3-7,10,15,21H,8-9,11-13H2,1-2H3. The van der Waals surface area contributed by atoms with Crippen molar-refractivity contribution in [3.05, 3.63) is 47.9 Å². The van der Waals surface area contributed by atoms with Crippen LogP contribution in [0, 0.1) is 12.8 Å². The van der Waals surface area contributed by atoms with Crippen molar-refractivity contribution in [2.75, 3.05) is 26.7 Å². The number of carbonyl (C=O) groups excluding carboxylic acids is 1. The molecule has 1 aliphatic heterocycles. The molecule has 3 aromatic rings. The molecule has 7 heteroatoms. The van der Waals surface area contributed by atoms with Crippen LogP contribution in [0.2, 0.25) is 0 Å². The van der Waals surface area contributed by atoms with Crippen molar-refractivity contribution in [3.8, 4) is 5.69 Å². The lowest BCUT2D eigenvalue weighted by atomic mass is 9.96. The molecule has 140 valence electrons. The van der Waals surface area contributed by atoms with Gasteiger partial charge in [0.25, 0.3) is 5.91 Å². The van der Waals surface area contributed by atoms with Crippen LogP contribution in [0.3, 0.4) is 0 Å². The lowest BCUT2D eigenvalue weighted by Gasteiger charge is -2.31. The largest absolute Gasteiger partial charge is 0.337 e. The molecule has 27 heavy (non-hydrogen) atoms.